The number of esters is 2. The molecule has 0 heterocycles. The van der Waals surface area contributed by atoms with Gasteiger partial charge in [0, 0.05) is 0 Å². The van der Waals surface area contributed by atoms with Gasteiger partial charge in [-0.2, -0.15) is 0 Å². The molecule has 28 heavy (non-hydrogen) atoms. The molecule has 7 heteroatoms. The second-order valence-corrected chi connectivity index (χ2v) is 10.6. The number of benzene rings is 2. The van der Waals surface area contributed by atoms with Gasteiger partial charge in [0.1, 0.15) is 0 Å². The fourth-order valence-corrected chi connectivity index (χ4v) is 2.62. The van der Waals surface area contributed by atoms with Gasteiger partial charge in [-0.05, 0) is 30.8 Å². The zero-order valence-electron chi connectivity index (χ0n) is 26.1. The molecule has 0 radical (unpaired) electrons. The predicted octanol–water partition coefficient (Wildman–Crippen LogP) is 3.65. The number of rotatable bonds is 6. The Balaban J connectivity index is 0.000000389. The van der Waals surface area contributed by atoms with E-state index in [1.54, 1.807) is 0 Å². The molecule has 0 amide bonds. The second kappa shape index (κ2) is 11.4. The van der Waals surface area contributed by atoms with Crippen LogP contribution in [0.3, 0.4) is 0 Å². The third kappa shape index (κ3) is 8.04. The number of carbonyl (C=O) groups excluding carboxylic acids is 2. The highest BCUT2D eigenvalue weighted by molar-refractivity contribution is 6.69. The highest BCUT2D eigenvalue weighted by Gasteiger charge is 2.28. The Labute approximate surface area is 181 Å². The van der Waals surface area contributed by atoms with Crippen molar-refractivity contribution in [3.05, 3.63) is 71.6 Å². The number of ether oxygens (including phenoxy) is 2. The topological polar surface area (TPSA) is 82.1 Å². The van der Waals surface area contributed by atoms with Crippen molar-refractivity contribution in [2.75, 3.05) is 14.2 Å². The lowest BCUT2D eigenvalue weighted by Gasteiger charge is -2.24. The van der Waals surface area contributed by atoms with Crippen LogP contribution in [0.1, 0.15) is 37.0 Å². The van der Waals surface area contributed by atoms with Gasteiger partial charge in [-0.3, -0.25) is 0 Å². The van der Waals surface area contributed by atoms with Gasteiger partial charge in [-0.25, -0.2) is 9.59 Å². The van der Waals surface area contributed by atoms with E-state index in [2.05, 4.69) is 9.47 Å². The van der Waals surface area contributed by atoms with Gasteiger partial charge in [0.25, 0.3) is 0 Å². The first-order valence-electron chi connectivity index (χ1n) is 13.0. The SMILES string of the molecule is [2H]c1c([2H])c([2H])c(C(O)C(=O)OC)c([2H])c1[2H].[2H]c1c([2H])c([2H])c(C(O[Si](C)(C)C)C(=O)OC)c([2H])c1[2H]. The summed E-state index contributed by atoms with van der Waals surface area (Å²) < 4.78 is 90.3. The summed E-state index contributed by atoms with van der Waals surface area (Å²) in [5.74, 6) is -1.86. The molecule has 0 aliphatic carbocycles. The van der Waals surface area contributed by atoms with Crippen LogP contribution in [0.4, 0.5) is 0 Å². The Kier molecular flexibility index (Phi) is 4.94. The summed E-state index contributed by atoms with van der Waals surface area (Å²) in [6, 6.07) is -5.44. The van der Waals surface area contributed by atoms with E-state index in [0.717, 1.165) is 14.2 Å². The van der Waals surface area contributed by atoms with Crippen molar-refractivity contribution in [1.82, 2.24) is 0 Å². The minimum Gasteiger partial charge on any atom is -0.467 e. The minimum atomic E-state index is -2.21. The summed E-state index contributed by atoms with van der Waals surface area (Å²) in [5.41, 5.74) is -0.668. The first-order chi connectivity index (χ1) is 17.3. The lowest BCUT2D eigenvalue weighted by Crippen LogP contribution is -2.32. The molecule has 0 saturated carbocycles. The van der Waals surface area contributed by atoms with Gasteiger partial charge in [0.05, 0.1) is 27.9 Å². The lowest BCUT2D eigenvalue weighted by molar-refractivity contribution is -0.151. The summed E-state index contributed by atoms with van der Waals surface area (Å²) in [6.07, 6.45) is -3.22. The van der Waals surface area contributed by atoms with Crippen LogP contribution in [0.2, 0.25) is 19.6 Å². The van der Waals surface area contributed by atoms with Crippen LogP contribution in [0.15, 0.2) is 60.4 Å². The first-order valence-corrected chi connectivity index (χ1v) is 11.4. The van der Waals surface area contributed by atoms with Crippen LogP contribution in [-0.2, 0) is 23.5 Å². The van der Waals surface area contributed by atoms with E-state index in [0.29, 0.717) is 0 Å². The molecule has 152 valence electrons. The largest absolute Gasteiger partial charge is 0.467 e. The molecule has 6 nitrogen and oxygen atoms in total. The van der Waals surface area contributed by atoms with Crippen molar-refractivity contribution in [2.45, 2.75) is 31.8 Å². The van der Waals surface area contributed by atoms with Gasteiger partial charge >= 0.3 is 11.9 Å². The Bertz CT molecular complexity index is 1180. The molecule has 1 N–H and O–H groups in total. The standard InChI is InChI=1S/C12H18O3Si.C9H10O3/c1-14-12(13)11(15-16(2,3)4)10-8-6-5-7-9-10;1-12-9(11)8(10)7-5-3-2-4-6-7/h5-9,11H,1-4H3;2-6,8,10H,1H3/i5D,6D,7D,8D,9D;2D,3D,4D,5D,6D. The average molecular weight is 415 g/mol. The fourth-order valence-electron chi connectivity index (χ4n) is 1.70. The summed E-state index contributed by atoms with van der Waals surface area (Å²) in [7, 11) is -0.0196. The van der Waals surface area contributed by atoms with Gasteiger partial charge in [0.15, 0.2) is 20.5 Å². The Morgan fingerprint density at radius 3 is 1.68 bits per heavy atom. The Morgan fingerprint density at radius 1 is 0.857 bits per heavy atom. The number of aliphatic hydroxyl groups excluding tert-OH is 1. The molecule has 0 aromatic heterocycles. The molecule has 2 rings (SSSR count). The summed E-state index contributed by atoms with van der Waals surface area (Å²) in [6.45, 7) is 5.49. The molecule has 0 spiro atoms. The lowest BCUT2D eigenvalue weighted by atomic mass is 10.1. The smallest absolute Gasteiger partial charge is 0.339 e. The van der Waals surface area contributed by atoms with Crippen molar-refractivity contribution >= 4 is 20.3 Å². The normalized spacial score (nSPS) is 17.8. The third-order valence-corrected chi connectivity index (χ3v) is 3.83. The average Bonchev–Trinajstić information content (AvgIpc) is 2.86. The second-order valence-electron chi connectivity index (χ2n) is 6.14. The maximum atomic E-state index is 11.9. The van der Waals surface area contributed by atoms with Crippen LogP contribution in [-0.4, -0.2) is 39.6 Å². The molecule has 2 aromatic carbocycles. The van der Waals surface area contributed by atoms with Crippen LogP contribution >= 0.6 is 0 Å². The van der Waals surface area contributed by atoms with Crippen LogP contribution in [0.25, 0.3) is 0 Å². The molecular formula is C21H28O6Si. The molecule has 0 bridgehead atoms. The van der Waals surface area contributed by atoms with Crippen LogP contribution in [0, 0.1) is 0 Å². The van der Waals surface area contributed by atoms with Crippen molar-refractivity contribution in [2.24, 2.45) is 0 Å². The molecule has 0 aliphatic heterocycles. The quantitative estimate of drug-likeness (QED) is 0.574. The fraction of sp³-hybridized carbons (Fsp3) is 0.333. The van der Waals surface area contributed by atoms with E-state index >= 15 is 0 Å². The highest BCUT2D eigenvalue weighted by atomic mass is 28.4. The van der Waals surface area contributed by atoms with E-state index in [9.17, 15) is 14.7 Å². The Morgan fingerprint density at radius 2 is 1.29 bits per heavy atom. The monoisotopic (exact) mass is 414 g/mol. The summed E-state index contributed by atoms with van der Waals surface area (Å²) >= 11 is 0. The maximum absolute atomic E-state index is 11.9. The van der Waals surface area contributed by atoms with E-state index < -0.39 is 98.5 Å². The molecule has 0 fully saturated rings. The van der Waals surface area contributed by atoms with E-state index in [-0.39, 0.29) is 5.56 Å². The Hall–Kier alpha value is -2.48. The molecule has 2 atom stereocenters. The zero-order valence-corrected chi connectivity index (χ0v) is 17.1. The van der Waals surface area contributed by atoms with Crippen molar-refractivity contribution in [1.29, 1.82) is 0 Å². The van der Waals surface area contributed by atoms with Crippen LogP contribution in [0.5, 0.6) is 0 Å². The van der Waals surface area contributed by atoms with Crippen molar-refractivity contribution in [3.63, 3.8) is 0 Å². The molecule has 0 aliphatic rings. The van der Waals surface area contributed by atoms with Crippen molar-refractivity contribution in [3.8, 4) is 0 Å². The van der Waals surface area contributed by atoms with Crippen molar-refractivity contribution < 1.29 is 42.3 Å². The third-order valence-electron chi connectivity index (χ3n) is 2.89. The molecule has 2 unspecified atom stereocenters. The minimum absolute atomic E-state index is 0.185. The van der Waals surface area contributed by atoms with E-state index in [1.165, 1.54) is 0 Å². The number of methoxy groups -OCH3 is 2. The van der Waals surface area contributed by atoms with Gasteiger partial charge in [-0.15, -0.1) is 0 Å². The van der Waals surface area contributed by atoms with Gasteiger partial charge < -0.3 is 19.0 Å². The van der Waals surface area contributed by atoms with E-state index in [4.69, 9.17) is 18.1 Å². The number of hydrogen-bond acceptors (Lipinski definition) is 6. The predicted molar refractivity (Wildman–Crippen MR) is 109 cm³/mol. The van der Waals surface area contributed by atoms with E-state index in [1.807, 2.05) is 19.6 Å². The van der Waals surface area contributed by atoms with Gasteiger partial charge in [-0.1, -0.05) is 60.4 Å². The summed E-state index contributed by atoms with van der Waals surface area (Å²) in [5, 5.41) is 9.55. The first kappa shape index (κ1) is 12.2. The van der Waals surface area contributed by atoms with Gasteiger partial charge in [0.2, 0.25) is 0 Å². The zero-order chi connectivity index (χ0) is 29.9. The highest BCUT2D eigenvalue weighted by Crippen LogP contribution is 2.23. The molecule has 0 saturated heterocycles. The maximum Gasteiger partial charge on any atom is 0.339 e. The summed E-state index contributed by atoms with van der Waals surface area (Å²) in [4.78, 5) is 23.1. The number of aliphatic hydroxyl groups is 1. The van der Waals surface area contributed by atoms with Crippen LogP contribution < -0.4 is 0 Å². The number of carbonyl (C=O) groups is 2. The molecule has 2 aromatic rings. The number of hydrogen-bond donors (Lipinski definition) is 1. The molecular weight excluding hydrogens is 376 g/mol.